The molecule has 1 amide bonds. The van der Waals surface area contributed by atoms with Crippen molar-refractivity contribution in [2.24, 2.45) is 16.7 Å². The van der Waals surface area contributed by atoms with Crippen LogP contribution >= 0.6 is 0 Å². The maximum atomic E-state index is 11.9. The lowest BCUT2D eigenvalue weighted by atomic mass is 9.87. The van der Waals surface area contributed by atoms with Gasteiger partial charge in [-0.05, 0) is 37.5 Å². The van der Waals surface area contributed by atoms with Crippen molar-refractivity contribution in [3.05, 3.63) is 0 Å². The summed E-state index contributed by atoms with van der Waals surface area (Å²) in [5, 5.41) is 11.9. The smallest absolute Gasteiger partial charge is 0.240 e. The van der Waals surface area contributed by atoms with Gasteiger partial charge in [-0.3, -0.25) is 4.79 Å². The van der Waals surface area contributed by atoms with Crippen LogP contribution in [0.4, 0.5) is 0 Å². The van der Waals surface area contributed by atoms with Gasteiger partial charge in [-0.2, -0.15) is 5.26 Å². The molecule has 0 aliphatic heterocycles. The van der Waals surface area contributed by atoms with Gasteiger partial charge in [0.25, 0.3) is 0 Å². The van der Waals surface area contributed by atoms with Crippen molar-refractivity contribution in [2.45, 2.75) is 47.0 Å². The van der Waals surface area contributed by atoms with Gasteiger partial charge >= 0.3 is 0 Å². The Bertz CT molecular complexity index is 312. The summed E-state index contributed by atoms with van der Waals surface area (Å²) >= 11 is 0. The Morgan fingerprint density at radius 1 is 1.56 bits per heavy atom. The minimum Gasteiger partial charge on any atom is -0.354 e. The van der Waals surface area contributed by atoms with Crippen LogP contribution in [0.2, 0.25) is 0 Å². The Morgan fingerprint density at radius 2 is 2.12 bits per heavy atom. The lowest BCUT2D eigenvalue weighted by Gasteiger charge is -2.24. The Labute approximate surface area is 98.2 Å². The SMILES string of the molecule is CCC(C)(C#N)C(=O)NCC1(C(C)C)CC1. The molecule has 0 saturated heterocycles. The number of carbonyl (C=O) groups is 1. The Morgan fingerprint density at radius 3 is 2.44 bits per heavy atom. The summed E-state index contributed by atoms with van der Waals surface area (Å²) in [4.78, 5) is 11.9. The van der Waals surface area contributed by atoms with Gasteiger partial charge in [-0.25, -0.2) is 0 Å². The number of nitrogens with one attached hydrogen (secondary N) is 1. The zero-order valence-corrected chi connectivity index (χ0v) is 10.8. The molecule has 0 aromatic heterocycles. The summed E-state index contributed by atoms with van der Waals surface area (Å²) in [7, 11) is 0. The fourth-order valence-electron chi connectivity index (χ4n) is 1.86. The van der Waals surface area contributed by atoms with Crippen molar-refractivity contribution in [1.82, 2.24) is 5.32 Å². The first-order chi connectivity index (χ1) is 7.40. The molecule has 90 valence electrons. The summed E-state index contributed by atoms with van der Waals surface area (Å²) in [6.07, 6.45) is 2.95. The minimum absolute atomic E-state index is 0.121. The number of rotatable bonds is 5. The monoisotopic (exact) mass is 222 g/mol. The Hall–Kier alpha value is -1.04. The van der Waals surface area contributed by atoms with Crippen molar-refractivity contribution in [1.29, 1.82) is 5.26 Å². The van der Waals surface area contributed by atoms with E-state index in [0.29, 0.717) is 17.8 Å². The molecule has 0 aromatic carbocycles. The quantitative estimate of drug-likeness (QED) is 0.777. The summed E-state index contributed by atoms with van der Waals surface area (Å²) in [5.74, 6) is 0.479. The highest BCUT2D eigenvalue weighted by molar-refractivity contribution is 5.84. The first-order valence-corrected chi connectivity index (χ1v) is 6.10. The average Bonchev–Trinajstić information content (AvgIpc) is 3.05. The standard InChI is InChI=1S/C13H22N2O/c1-5-12(4,8-14)11(16)15-9-13(6-7-13)10(2)3/h10H,5-7,9H2,1-4H3,(H,15,16). The van der Waals surface area contributed by atoms with Crippen LogP contribution in [-0.2, 0) is 4.79 Å². The molecule has 0 heterocycles. The molecule has 0 bridgehead atoms. The third-order valence-electron chi connectivity index (χ3n) is 4.17. The lowest BCUT2D eigenvalue weighted by molar-refractivity contribution is -0.127. The number of hydrogen-bond donors (Lipinski definition) is 1. The molecule has 1 aliphatic rings. The molecule has 1 saturated carbocycles. The van der Waals surface area contributed by atoms with E-state index in [1.165, 1.54) is 12.8 Å². The van der Waals surface area contributed by atoms with Crippen LogP contribution in [0.15, 0.2) is 0 Å². The molecule has 0 aromatic rings. The van der Waals surface area contributed by atoms with Crippen molar-refractivity contribution in [2.75, 3.05) is 6.54 Å². The van der Waals surface area contributed by atoms with Crippen molar-refractivity contribution < 1.29 is 4.79 Å². The molecule has 1 rings (SSSR count). The van der Waals surface area contributed by atoms with E-state index in [2.05, 4.69) is 25.2 Å². The van der Waals surface area contributed by atoms with Gasteiger partial charge in [0, 0.05) is 6.54 Å². The van der Waals surface area contributed by atoms with Crippen LogP contribution in [0.25, 0.3) is 0 Å². The van der Waals surface area contributed by atoms with Gasteiger partial charge < -0.3 is 5.32 Å². The normalized spacial score (nSPS) is 21.0. The molecule has 1 atom stereocenters. The number of nitriles is 1. The summed E-state index contributed by atoms with van der Waals surface area (Å²) < 4.78 is 0. The van der Waals surface area contributed by atoms with E-state index in [-0.39, 0.29) is 5.91 Å². The van der Waals surface area contributed by atoms with Crippen molar-refractivity contribution >= 4 is 5.91 Å². The second-order valence-electron chi connectivity index (χ2n) is 5.50. The molecule has 0 spiro atoms. The molecular weight excluding hydrogens is 200 g/mol. The molecule has 1 unspecified atom stereocenters. The zero-order valence-electron chi connectivity index (χ0n) is 10.8. The molecule has 1 aliphatic carbocycles. The first kappa shape index (κ1) is 13.0. The molecular formula is C13H22N2O. The van der Waals surface area contributed by atoms with Crippen LogP contribution < -0.4 is 5.32 Å². The highest BCUT2D eigenvalue weighted by atomic mass is 16.2. The van der Waals surface area contributed by atoms with E-state index in [9.17, 15) is 4.79 Å². The molecule has 3 nitrogen and oxygen atoms in total. The van der Waals surface area contributed by atoms with Gasteiger partial charge in [0.2, 0.25) is 5.91 Å². The molecule has 3 heteroatoms. The second-order valence-corrected chi connectivity index (χ2v) is 5.50. The van der Waals surface area contributed by atoms with E-state index in [1.807, 2.05) is 6.92 Å². The maximum Gasteiger partial charge on any atom is 0.240 e. The van der Waals surface area contributed by atoms with Gasteiger partial charge in [-0.1, -0.05) is 20.8 Å². The summed E-state index contributed by atoms with van der Waals surface area (Å²) in [6, 6.07) is 2.10. The molecule has 1 fully saturated rings. The van der Waals surface area contributed by atoms with E-state index < -0.39 is 5.41 Å². The fraction of sp³-hybridized carbons (Fsp3) is 0.846. The second kappa shape index (κ2) is 4.45. The molecule has 0 radical (unpaired) electrons. The Balaban J connectivity index is 2.51. The highest BCUT2D eigenvalue weighted by Gasteiger charge is 2.46. The number of nitrogens with zero attached hydrogens (tertiary/aromatic N) is 1. The van der Waals surface area contributed by atoms with Gasteiger partial charge in [0.1, 0.15) is 5.41 Å². The molecule has 1 N–H and O–H groups in total. The van der Waals surface area contributed by atoms with Crippen molar-refractivity contribution in [3.8, 4) is 6.07 Å². The summed E-state index contributed by atoms with van der Waals surface area (Å²) in [6.45, 7) is 8.70. The fourth-order valence-corrected chi connectivity index (χ4v) is 1.86. The van der Waals surface area contributed by atoms with E-state index in [0.717, 1.165) is 6.54 Å². The van der Waals surface area contributed by atoms with Crippen molar-refractivity contribution in [3.63, 3.8) is 0 Å². The predicted molar refractivity (Wildman–Crippen MR) is 63.5 cm³/mol. The topological polar surface area (TPSA) is 52.9 Å². The number of hydrogen-bond acceptors (Lipinski definition) is 2. The third-order valence-corrected chi connectivity index (χ3v) is 4.17. The van der Waals surface area contributed by atoms with Crippen LogP contribution in [0, 0.1) is 28.1 Å². The van der Waals surface area contributed by atoms with Crippen LogP contribution in [-0.4, -0.2) is 12.5 Å². The van der Waals surface area contributed by atoms with Gasteiger partial charge in [-0.15, -0.1) is 0 Å². The maximum absolute atomic E-state index is 11.9. The van der Waals surface area contributed by atoms with E-state index in [1.54, 1.807) is 6.92 Å². The summed E-state index contributed by atoms with van der Waals surface area (Å²) in [5.41, 5.74) is -0.563. The van der Waals surface area contributed by atoms with Crippen LogP contribution in [0.3, 0.4) is 0 Å². The minimum atomic E-state index is -0.868. The first-order valence-electron chi connectivity index (χ1n) is 6.10. The van der Waals surface area contributed by atoms with Gasteiger partial charge in [0.05, 0.1) is 6.07 Å². The van der Waals surface area contributed by atoms with E-state index in [4.69, 9.17) is 5.26 Å². The number of amides is 1. The Kier molecular flexibility index (Phi) is 3.62. The molecule has 16 heavy (non-hydrogen) atoms. The number of carbonyl (C=O) groups excluding carboxylic acids is 1. The van der Waals surface area contributed by atoms with E-state index >= 15 is 0 Å². The third kappa shape index (κ3) is 2.37. The largest absolute Gasteiger partial charge is 0.354 e. The van der Waals surface area contributed by atoms with Crippen LogP contribution in [0.1, 0.15) is 47.0 Å². The van der Waals surface area contributed by atoms with Gasteiger partial charge in [0.15, 0.2) is 0 Å². The zero-order chi connectivity index (χ0) is 12.4. The lowest BCUT2D eigenvalue weighted by Crippen LogP contribution is -2.41. The van der Waals surface area contributed by atoms with Crippen LogP contribution in [0.5, 0.6) is 0 Å². The predicted octanol–water partition coefficient (Wildman–Crippen LogP) is 2.48. The highest BCUT2D eigenvalue weighted by Crippen LogP contribution is 2.51. The average molecular weight is 222 g/mol.